The molecule has 1 heterocycles. The maximum Gasteiger partial charge on any atom is 0.310 e. The quantitative estimate of drug-likeness (QED) is 0.901. The van der Waals surface area contributed by atoms with Gasteiger partial charge in [-0.15, -0.1) is 0 Å². The van der Waals surface area contributed by atoms with Crippen molar-refractivity contribution in [3.05, 3.63) is 36.3 Å². The summed E-state index contributed by atoms with van der Waals surface area (Å²) in [7, 11) is 0. The van der Waals surface area contributed by atoms with Crippen LogP contribution in [-0.2, 0) is 4.79 Å². The molecule has 0 bridgehead atoms. The lowest BCUT2D eigenvalue weighted by atomic mass is 9.80. The summed E-state index contributed by atoms with van der Waals surface area (Å²) in [6.07, 6.45) is 3.07. The Hall–Kier alpha value is -2.17. The molecule has 2 fully saturated rings. The Balaban J connectivity index is 1.60. The van der Waals surface area contributed by atoms with Crippen molar-refractivity contribution in [2.24, 2.45) is 11.3 Å². The molecule has 3 atom stereocenters. The molecule has 102 valence electrons. The molecular formula is C15H13FN2O2. The Morgan fingerprint density at radius 3 is 2.95 bits per heavy atom. The summed E-state index contributed by atoms with van der Waals surface area (Å²) in [6.45, 7) is 0. The zero-order valence-corrected chi connectivity index (χ0v) is 10.6. The van der Waals surface area contributed by atoms with Gasteiger partial charge in [-0.25, -0.2) is 4.39 Å². The van der Waals surface area contributed by atoms with E-state index in [0.29, 0.717) is 11.9 Å². The molecule has 4 rings (SSSR count). The highest BCUT2D eigenvalue weighted by Crippen LogP contribution is 2.68. The van der Waals surface area contributed by atoms with Crippen LogP contribution >= 0.6 is 0 Å². The first-order valence-electron chi connectivity index (χ1n) is 6.64. The monoisotopic (exact) mass is 272 g/mol. The number of carboxylic acid groups (broad SMARTS) is 1. The molecule has 2 aromatic rings. The first-order chi connectivity index (χ1) is 9.60. The Morgan fingerprint density at radius 2 is 2.25 bits per heavy atom. The van der Waals surface area contributed by atoms with Gasteiger partial charge in [0, 0.05) is 29.4 Å². The average molecular weight is 272 g/mol. The first-order valence-corrected chi connectivity index (χ1v) is 6.64. The van der Waals surface area contributed by atoms with Gasteiger partial charge < -0.3 is 10.4 Å². The number of nitrogens with zero attached hydrogens (tertiary/aromatic N) is 1. The van der Waals surface area contributed by atoms with Gasteiger partial charge in [0.2, 0.25) is 0 Å². The minimum absolute atomic E-state index is 0.196. The highest BCUT2D eigenvalue weighted by atomic mass is 19.1. The van der Waals surface area contributed by atoms with E-state index >= 15 is 0 Å². The predicted octanol–water partition coefficient (Wildman–Crippen LogP) is 2.65. The third-order valence-corrected chi connectivity index (χ3v) is 4.68. The van der Waals surface area contributed by atoms with E-state index in [-0.39, 0.29) is 17.8 Å². The summed E-state index contributed by atoms with van der Waals surface area (Å²) in [5.41, 5.74) is 1.03. The van der Waals surface area contributed by atoms with Gasteiger partial charge in [0.15, 0.2) is 0 Å². The molecule has 2 aliphatic rings. The standard InChI is InChI=1S/C15H13FN2O2/c16-8-1-2-9-11(3-4-17-12(9)5-8)18-13-7-15(14(19)20)6-10(13)15/h1-5,10,13H,6-7H2,(H,17,18)(H,19,20)/t10-,13+,15-/m0/s1. The number of anilines is 1. The lowest BCUT2D eigenvalue weighted by molar-refractivity contribution is -0.146. The van der Waals surface area contributed by atoms with E-state index in [2.05, 4.69) is 10.3 Å². The number of carboxylic acids is 1. The molecule has 4 nitrogen and oxygen atoms in total. The SMILES string of the molecule is O=C(O)[C@@]12C[C@@H](Nc3ccnc4cc(F)ccc34)[C@@H]1C2. The van der Waals surface area contributed by atoms with E-state index in [0.717, 1.165) is 17.5 Å². The van der Waals surface area contributed by atoms with Crippen molar-refractivity contribution in [1.29, 1.82) is 0 Å². The van der Waals surface area contributed by atoms with Crippen LogP contribution in [0.15, 0.2) is 30.5 Å². The highest BCUT2D eigenvalue weighted by Gasteiger charge is 2.72. The van der Waals surface area contributed by atoms with Crippen molar-refractivity contribution in [1.82, 2.24) is 4.98 Å². The van der Waals surface area contributed by atoms with E-state index in [4.69, 9.17) is 5.11 Å². The van der Waals surface area contributed by atoms with Crippen LogP contribution in [0.25, 0.3) is 10.9 Å². The summed E-state index contributed by atoms with van der Waals surface area (Å²) >= 11 is 0. The zero-order chi connectivity index (χ0) is 13.9. The summed E-state index contributed by atoms with van der Waals surface area (Å²) < 4.78 is 13.2. The lowest BCUT2D eigenvalue weighted by Gasteiger charge is -2.33. The number of benzene rings is 1. The van der Waals surface area contributed by atoms with Crippen LogP contribution in [0.5, 0.6) is 0 Å². The summed E-state index contributed by atoms with van der Waals surface area (Å²) in [6, 6.07) is 6.57. The van der Waals surface area contributed by atoms with E-state index in [1.165, 1.54) is 12.1 Å². The molecule has 0 saturated heterocycles. The highest BCUT2D eigenvalue weighted by molar-refractivity contribution is 5.91. The summed E-state index contributed by atoms with van der Waals surface area (Å²) in [5, 5.41) is 13.4. The van der Waals surface area contributed by atoms with Gasteiger partial charge in [-0.2, -0.15) is 0 Å². The van der Waals surface area contributed by atoms with Gasteiger partial charge in [-0.05, 0) is 37.0 Å². The van der Waals surface area contributed by atoms with Crippen LogP contribution in [0.3, 0.4) is 0 Å². The number of pyridine rings is 1. The third-order valence-electron chi connectivity index (χ3n) is 4.68. The first kappa shape index (κ1) is 11.6. The zero-order valence-electron chi connectivity index (χ0n) is 10.6. The molecule has 2 N–H and O–H groups in total. The number of aliphatic carboxylic acids is 1. The molecule has 0 aliphatic heterocycles. The van der Waals surface area contributed by atoms with Crippen LogP contribution in [-0.4, -0.2) is 22.1 Å². The molecule has 0 unspecified atom stereocenters. The van der Waals surface area contributed by atoms with Crippen LogP contribution in [0.4, 0.5) is 10.1 Å². The summed E-state index contributed by atoms with van der Waals surface area (Å²) in [4.78, 5) is 15.3. The second-order valence-corrected chi connectivity index (χ2v) is 5.75. The van der Waals surface area contributed by atoms with Gasteiger partial charge in [0.1, 0.15) is 5.82 Å². The minimum Gasteiger partial charge on any atom is -0.481 e. The third kappa shape index (κ3) is 1.46. The Labute approximate surface area is 114 Å². The number of aromatic nitrogens is 1. The molecule has 0 spiro atoms. The van der Waals surface area contributed by atoms with E-state index in [1.807, 2.05) is 6.07 Å². The fraction of sp³-hybridized carbons (Fsp3) is 0.333. The fourth-order valence-corrected chi connectivity index (χ4v) is 3.40. The molecule has 0 radical (unpaired) electrons. The second-order valence-electron chi connectivity index (χ2n) is 5.75. The number of hydrogen-bond acceptors (Lipinski definition) is 3. The average Bonchev–Trinajstić information content (AvgIpc) is 3.02. The Bertz CT molecular complexity index is 733. The van der Waals surface area contributed by atoms with Crippen LogP contribution in [0.2, 0.25) is 0 Å². The molecule has 2 aliphatic carbocycles. The van der Waals surface area contributed by atoms with Gasteiger partial charge in [0.25, 0.3) is 0 Å². The van der Waals surface area contributed by atoms with E-state index < -0.39 is 11.4 Å². The lowest BCUT2D eigenvalue weighted by Crippen LogP contribution is -2.41. The molecule has 20 heavy (non-hydrogen) atoms. The normalized spacial score (nSPS) is 30.4. The summed E-state index contributed by atoms with van der Waals surface area (Å²) in [5.74, 6) is -0.760. The van der Waals surface area contributed by atoms with Crippen LogP contribution < -0.4 is 5.32 Å². The number of halogens is 1. The number of carbonyl (C=O) groups is 1. The van der Waals surface area contributed by atoms with Crippen molar-refractivity contribution in [3.63, 3.8) is 0 Å². The second kappa shape index (κ2) is 3.69. The van der Waals surface area contributed by atoms with E-state index in [1.54, 1.807) is 12.3 Å². The van der Waals surface area contributed by atoms with Crippen molar-refractivity contribution in [3.8, 4) is 0 Å². The maximum absolute atomic E-state index is 13.2. The van der Waals surface area contributed by atoms with Gasteiger partial charge in [0.05, 0.1) is 10.9 Å². The number of rotatable bonds is 3. The number of fused-ring (bicyclic) bond motifs is 2. The Kier molecular flexibility index (Phi) is 2.14. The molecule has 2 saturated carbocycles. The topological polar surface area (TPSA) is 62.2 Å². The smallest absolute Gasteiger partial charge is 0.310 e. The molecule has 1 aromatic carbocycles. The van der Waals surface area contributed by atoms with Crippen molar-refractivity contribution in [2.45, 2.75) is 18.9 Å². The Morgan fingerprint density at radius 1 is 1.40 bits per heavy atom. The van der Waals surface area contributed by atoms with E-state index in [9.17, 15) is 9.18 Å². The van der Waals surface area contributed by atoms with Gasteiger partial charge in [-0.1, -0.05) is 0 Å². The van der Waals surface area contributed by atoms with Crippen molar-refractivity contribution >= 4 is 22.6 Å². The van der Waals surface area contributed by atoms with Crippen LogP contribution in [0.1, 0.15) is 12.8 Å². The minimum atomic E-state index is -0.679. The number of hydrogen-bond donors (Lipinski definition) is 2. The van der Waals surface area contributed by atoms with Crippen molar-refractivity contribution < 1.29 is 14.3 Å². The molecule has 1 aromatic heterocycles. The fourth-order valence-electron chi connectivity index (χ4n) is 3.40. The van der Waals surface area contributed by atoms with Gasteiger partial charge >= 0.3 is 5.97 Å². The van der Waals surface area contributed by atoms with Crippen molar-refractivity contribution in [2.75, 3.05) is 5.32 Å². The largest absolute Gasteiger partial charge is 0.481 e. The predicted molar refractivity (Wildman–Crippen MR) is 71.9 cm³/mol. The van der Waals surface area contributed by atoms with Gasteiger partial charge in [-0.3, -0.25) is 9.78 Å². The van der Waals surface area contributed by atoms with Crippen LogP contribution in [0, 0.1) is 17.2 Å². The number of nitrogens with one attached hydrogen (secondary N) is 1. The maximum atomic E-state index is 13.2. The molecule has 5 heteroatoms. The molecule has 0 amide bonds. The molecular weight excluding hydrogens is 259 g/mol.